The van der Waals surface area contributed by atoms with Gasteiger partial charge in [-0.25, -0.2) is 4.39 Å². The second-order valence-corrected chi connectivity index (χ2v) is 5.42. The summed E-state index contributed by atoms with van der Waals surface area (Å²) in [6, 6.07) is 4.04. The molecule has 0 heterocycles. The summed E-state index contributed by atoms with van der Waals surface area (Å²) >= 11 is 2.89. The van der Waals surface area contributed by atoms with Gasteiger partial charge in [0.25, 0.3) is 0 Å². The molecule has 1 unspecified atom stereocenters. The molecule has 114 valence electrons. The number of nitrogens with two attached hydrogens (primary N) is 1. The van der Waals surface area contributed by atoms with E-state index >= 15 is 0 Å². The van der Waals surface area contributed by atoms with Crippen LogP contribution in [0, 0.1) is 27.3 Å². The minimum Gasteiger partial charge on any atom is -0.487 e. The Kier molecular flexibility index (Phi) is 6.05. The van der Waals surface area contributed by atoms with Gasteiger partial charge in [0, 0.05) is 12.1 Å². The number of nitro groups is 1. The maximum Gasteiger partial charge on any atom is 0.312 e. The van der Waals surface area contributed by atoms with Crippen LogP contribution in [0.4, 0.5) is 10.1 Å². The number of ether oxygens (including phenoxy) is 1. The van der Waals surface area contributed by atoms with Gasteiger partial charge in [0.2, 0.25) is 0 Å². The summed E-state index contributed by atoms with van der Waals surface area (Å²) in [5, 5.41) is 19.8. The van der Waals surface area contributed by atoms with Crippen molar-refractivity contribution in [3.05, 3.63) is 32.5 Å². The highest BCUT2D eigenvalue weighted by Crippen LogP contribution is 2.32. The van der Waals surface area contributed by atoms with Crippen LogP contribution < -0.4 is 10.5 Å². The smallest absolute Gasteiger partial charge is 0.312 e. The third-order valence-corrected chi connectivity index (χ3v) is 3.68. The van der Waals surface area contributed by atoms with Crippen LogP contribution in [0.3, 0.4) is 0 Å². The van der Waals surface area contributed by atoms with E-state index in [1.54, 1.807) is 6.92 Å². The summed E-state index contributed by atoms with van der Waals surface area (Å²) in [6.07, 6.45) is 1.33. The summed E-state index contributed by atoms with van der Waals surface area (Å²) in [5.74, 6) is -0.786. The van der Waals surface area contributed by atoms with Crippen molar-refractivity contribution >= 4 is 21.6 Å². The molecule has 2 N–H and O–H groups in total. The lowest BCUT2D eigenvalue weighted by Gasteiger charge is -2.18. The van der Waals surface area contributed by atoms with Crippen molar-refractivity contribution in [2.75, 3.05) is 6.61 Å². The van der Waals surface area contributed by atoms with Crippen molar-refractivity contribution in [1.82, 2.24) is 0 Å². The monoisotopic (exact) mass is 359 g/mol. The highest BCUT2D eigenvalue weighted by molar-refractivity contribution is 9.10. The number of benzene rings is 1. The lowest BCUT2D eigenvalue weighted by atomic mass is 9.94. The fraction of sp³-hybridized carbons (Fsp3) is 0.462. The zero-order valence-corrected chi connectivity index (χ0v) is 13.0. The van der Waals surface area contributed by atoms with E-state index in [9.17, 15) is 14.5 Å². The lowest BCUT2D eigenvalue weighted by Crippen LogP contribution is -2.37. The van der Waals surface area contributed by atoms with Crippen molar-refractivity contribution < 1.29 is 14.1 Å². The summed E-state index contributed by atoms with van der Waals surface area (Å²) in [7, 11) is 0. The number of nitriles is 1. The molecule has 8 heteroatoms. The van der Waals surface area contributed by atoms with Crippen LogP contribution in [0.5, 0.6) is 5.75 Å². The first kappa shape index (κ1) is 17.3. The van der Waals surface area contributed by atoms with E-state index in [2.05, 4.69) is 15.9 Å². The third-order valence-electron chi connectivity index (χ3n) is 3.08. The Bertz CT molecular complexity index is 577. The van der Waals surface area contributed by atoms with Gasteiger partial charge in [-0.05, 0) is 35.2 Å². The first-order valence-electron chi connectivity index (χ1n) is 6.29. The molecule has 0 fully saturated rings. The van der Waals surface area contributed by atoms with Crippen molar-refractivity contribution in [2.45, 2.75) is 31.7 Å². The van der Waals surface area contributed by atoms with Gasteiger partial charge >= 0.3 is 5.69 Å². The van der Waals surface area contributed by atoms with E-state index in [0.717, 1.165) is 12.1 Å². The van der Waals surface area contributed by atoms with Crippen molar-refractivity contribution in [2.24, 2.45) is 5.73 Å². The third kappa shape index (κ3) is 4.65. The van der Waals surface area contributed by atoms with Gasteiger partial charge in [-0.3, -0.25) is 10.1 Å². The summed E-state index contributed by atoms with van der Waals surface area (Å²) in [4.78, 5) is 10.2. The average molecular weight is 360 g/mol. The normalized spacial score (nSPS) is 13.3. The van der Waals surface area contributed by atoms with E-state index in [4.69, 9.17) is 15.7 Å². The Morgan fingerprint density at radius 2 is 2.29 bits per heavy atom. The standard InChI is InChI=1S/C13H15BrFN3O3/c1-2-13(17,8-16)4-3-5-21-12-7-10(15)9(14)6-11(12)18(19)20/h6-7H,2-5,17H2,1H3. The molecule has 0 aliphatic heterocycles. The minimum absolute atomic E-state index is 0.00186. The number of halogens is 2. The van der Waals surface area contributed by atoms with E-state index in [-0.39, 0.29) is 22.5 Å². The molecule has 0 radical (unpaired) electrons. The number of nitrogens with zero attached hydrogens (tertiary/aromatic N) is 2. The number of nitro benzene ring substituents is 1. The van der Waals surface area contributed by atoms with Gasteiger partial charge in [0.1, 0.15) is 11.4 Å². The Morgan fingerprint density at radius 3 is 2.81 bits per heavy atom. The van der Waals surface area contributed by atoms with Crippen molar-refractivity contribution in [1.29, 1.82) is 5.26 Å². The van der Waals surface area contributed by atoms with Gasteiger partial charge in [-0.1, -0.05) is 6.92 Å². The Morgan fingerprint density at radius 1 is 1.62 bits per heavy atom. The van der Waals surface area contributed by atoms with Crippen LogP contribution in [-0.4, -0.2) is 17.1 Å². The Hall–Kier alpha value is -1.72. The molecule has 21 heavy (non-hydrogen) atoms. The average Bonchev–Trinajstić information content (AvgIpc) is 2.46. The second-order valence-electron chi connectivity index (χ2n) is 4.56. The fourth-order valence-electron chi connectivity index (χ4n) is 1.66. The summed E-state index contributed by atoms with van der Waals surface area (Å²) in [5.41, 5.74) is 4.56. The van der Waals surface area contributed by atoms with Crippen LogP contribution in [0.25, 0.3) is 0 Å². The molecule has 6 nitrogen and oxygen atoms in total. The number of hydrogen-bond donors (Lipinski definition) is 1. The van der Waals surface area contributed by atoms with Gasteiger partial charge in [0.05, 0.1) is 22.1 Å². The molecular weight excluding hydrogens is 345 g/mol. The lowest BCUT2D eigenvalue weighted by molar-refractivity contribution is -0.386. The minimum atomic E-state index is -0.930. The molecule has 0 saturated heterocycles. The molecule has 0 saturated carbocycles. The SMILES string of the molecule is CCC(N)(C#N)CCCOc1cc(F)c(Br)cc1[N+](=O)[O-]. The van der Waals surface area contributed by atoms with Gasteiger partial charge < -0.3 is 10.5 Å². The van der Waals surface area contributed by atoms with Crippen molar-refractivity contribution in [3.8, 4) is 11.8 Å². The molecule has 0 bridgehead atoms. The quantitative estimate of drug-likeness (QED) is 0.457. The molecule has 0 spiro atoms. The molecule has 0 amide bonds. The summed E-state index contributed by atoms with van der Waals surface area (Å²) < 4.78 is 18.7. The predicted octanol–water partition coefficient (Wildman–Crippen LogP) is 3.29. The zero-order valence-electron chi connectivity index (χ0n) is 11.4. The predicted molar refractivity (Wildman–Crippen MR) is 78.3 cm³/mol. The molecule has 0 aliphatic carbocycles. The second kappa shape index (κ2) is 7.33. The molecule has 1 aromatic carbocycles. The highest BCUT2D eigenvalue weighted by Gasteiger charge is 2.22. The van der Waals surface area contributed by atoms with E-state index in [1.807, 2.05) is 6.07 Å². The molecule has 1 rings (SSSR count). The molecule has 0 aromatic heterocycles. The molecule has 0 aliphatic rings. The Balaban J connectivity index is 2.70. The largest absolute Gasteiger partial charge is 0.487 e. The van der Waals surface area contributed by atoms with E-state index in [0.29, 0.717) is 19.3 Å². The molecule has 1 atom stereocenters. The van der Waals surface area contributed by atoms with Crippen LogP contribution in [0.2, 0.25) is 0 Å². The van der Waals surface area contributed by atoms with Crippen LogP contribution >= 0.6 is 15.9 Å². The van der Waals surface area contributed by atoms with Gasteiger partial charge in [0.15, 0.2) is 5.75 Å². The first-order chi connectivity index (χ1) is 9.83. The zero-order chi connectivity index (χ0) is 16.0. The van der Waals surface area contributed by atoms with Crippen LogP contribution in [0.15, 0.2) is 16.6 Å². The number of rotatable bonds is 7. The van der Waals surface area contributed by atoms with Crippen LogP contribution in [-0.2, 0) is 0 Å². The van der Waals surface area contributed by atoms with E-state index in [1.165, 1.54) is 0 Å². The van der Waals surface area contributed by atoms with Gasteiger partial charge in [-0.2, -0.15) is 5.26 Å². The fourth-order valence-corrected chi connectivity index (χ4v) is 1.99. The number of hydrogen-bond acceptors (Lipinski definition) is 5. The molecule has 1 aromatic rings. The maximum absolute atomic E-state index is 13.4. The van der Waals surface area contributed by atoms with Crippen molar-refractivity contribution in [3.63, 3.8) is 0 Å². The topological polar surface area (TPSA) is 102 Å². The van der Waals surface area contributed by atoms with Crippen LogP contribution in [0.1, 0.15) is 26.2 Å². The Labute approximate surface area is 130 Å². The summed E-state index contributed by atoms with van der Waals surface area (Å²) in [6.45, 7) is 1.92. The highest BCUT2D eigenvalue weighted by atomic mass is 79.9. The molecular formula is C13H15BrFN3O3. The van der Waals surface area contributed by atoms with E-state index < -0.39 is 16.3 Å². The first-order valence-corrected chi connectivity index (χ1v) is 7.08. The maximum atomic E-state index is 13.4. The van der Waals surface area contributed by atoms with Gasteiger partial charge in [-0.15, -0.1) is 0 Å².